The van der Waals surface area contributed by atoms with Gasteiger partial charge >= 0.3 is 0 Å². The van der Waals surface area contributed by atoms with Gasteiger partial charge in [-0.05, 0) is 48.9 Å². The molecule has 27 heavy (non-hydrogen) atoms. The van der Waals surface area contributed by atoms with E-state index in [1.54, 1.807) is 12.3 Å². The lowest BCUT2D eigenvalue weighted by molar-refractivity contribution is 0.102. The summed E-state index contributed by atoms with van der Waals surface area (Å²) in [4.78, 5) is 17.0. The largest absolute Gasteiger partial charge is 0.322 e. The molecular formula is C20H17ClN2O3S. The van der Waals surface area contributed by atoms with Crippen LogP contribution in [0.1, 0.15) is 15.9 Å². The highest BCUT2D eigenvalue weighted by molar-refractivity contribution is 7.90. The number of benzene rings is 2. The molecule has 0 fully saturated rings. The van der Waals surface area contributed by atoms with Crippen LogP contribution in [0.5, 0.6) is 0 Å². The van der Waals surface area contributed by atoms with Crippen molar-refractivity contribution in [3.8, 4) is 11.3 Å². The van der Waals surface area contributed by atoms with Crippen molar-refractivity contribution in [3.05, 3.63) is 76.9 Å². The molecule has 1 N–H and O–H groups in total. The third kappa shape index (κ3) is 4.18. The maximum absolute atomic E-state index is 12.6. The fraction of sp³-hybridized carbons (Fsp3) is 0.100. The third-order valence-electron chi connectivity index (χ3n) is 4.14. The molecule has 3 rings (SSSR count). The molecule has 0 radical (unpaired) electrons. The van der Waals surface area contributed by atoms with Crippen molar-refractivity contribution in [2.24, 2.45) is 0 Å². The zero-order chi connectivity index (χ0) is 19.6. The van der Waals surface area contributed by atoms with Gasteiger partial charge in [-0.25, -0.2) is 8.42 Å². The molecule has 0 saturated heterocycles. The fourth-order valence-electron chi connectivity index (χ4n) is 2.67. The van der Waals surface area contributed by atoms with Crippen LogP contribution >= 0.6 is 11.6 Å². The molecule has 0 saturated carbocycles. The summed E-state index contributed by atoms with van der Waals surface area (Å²) in [5, 5.41) is 2.91. The van der Waals surface area contributed by atoms with Gasteiger partial charge < -0.3 is 5.32 Å². The summed E-state index contributed by atoms with van der Waals surface area (Å²) in [5.41, 5.74) is 3.42. The zero-order valence-corrected chi connectivity index (χ0v) is 16.3. The molecule has 138 valence electrons. The Morgan fingerprint density at radius 3 is 2.48 bits per heavy atom. The molecule has 1 aromatic heterocycles. The topological polar surface area (TPSA) is 76.1 Å². The first-order valence-corrected chi connectivity index (χ1v) is 10.4. The second-order valence-corrected chi connectivity index (χ2v) is 8.48. The van der Waals surface area contributed by atoms with Crippen molar-refractivity contribution in [1.82, 2.24) is 4.98 Å². The van der Waals surface area contributed by atoms with Gasteiger partial charge in [-0.1, -0.05) is 29.8 Å². The predicted octanol–water partition coefficient (Wildman–Crippen LogP) is 4.37. The lowest BCUT2D eigenvalue weighted by Gasteiger charge is -2.13. The van der Waals surface area contributed by atoms with Crippen LogP contribution in [0.3, 0.4) is 0 Å². The van der Waals surface area contributed by atoms with Crippen molar-refractivity contribution < 1.29 is 13.2 Å². The molecule has 0 spiro atoms. The first-order chi connectivity index (χ1) is 12.8. The van der Waals surface area contributed by atoms with Gasteiger partial charge in [0.25, 0.3) is 5.91 Å². The number of nitrogens with zero attached hydrogens (tertiary/aromatic N) is 1. The normalized spacial score (nSPS) is 11.2. The van der Waals surface area contributed by atoms with Gasteiger partial charge in [0.2, 0.25) is 0 Å². The van der Waals surface area contributed by atoms with E-state index in [1.807, 2.05) is 37.3 Å². The zero-order valence-electron chi connectivity index (χ0n) is 14.7. The number of amides is 1. The van der Waals surface area contributed by atoms with Gasteiger partial charge in [0, 0.05) is 23.7 Å². The minimum Gasteiger partial charge on any atom is -0.322 e. The van der Waals surface area contributed by atoms with E-state index < -0.39 is 15.7 Å². The lowest BCUT2D eigenvalue weighted by Crippen LogP contribution is -2.14. The van der Waals surface area contributed by atoms with Gasteiger partial charge in [-0.2, -0.15) is 0 Å². The van der Waals surface area contributed by atoms with E-state index in [2.05, 4.69) is 10.3 Å². The standard InChI is InChI=1S/C20H17ClN2O3S/c1-13-15(19-7-3-4-11-22-19)6-5-8-18(13)23-20(24)16-10-9-14(12-17(16)21)27(2,25)26/h3-12H,1-2H3,(H,23,24). The van der Waals surface area contributed by atoms with Gasteiger partial charge in [0.1, 0.15) is 0 Å². The number of carbonyl (C=O) groups is 1. The van der Waals surface area contributed by atoms with E-state index in [0.717, 1.165) is 23.1 Å². The molecule has 0 aliphatic heterocycles. The van der Waals surface area contributed by atoms with Crippen LogP contribution in [0.25, 0.3) is 11.3 Å². The van der Waals surface area contributed by atoms with Crippen LogP contribution in [0, 0.1) is 6.92 Å². The van der Waals surface area contributed by atoms with Gasteiger partial charge in [-0.3, -0.25) is 9.78 Å². The Balaban J connectivity index is 1.91. The molecule has 0 atom stereocenters. The Morgan fingerprint density at radius 2 is 1.85 bits per heavy atom. The quantitative estimate of drug-likeness (QED) is 0.705. The Kier molecular flexibility index (Phi) is 5.30. The van der Waals surface area contributed by atoms with Crippen LogP contribution in [-0.2, 0) is 9.84 Å². The lowest BCUT2D eigenvalue weighted by atomic mass is 10.0. The number of halogens is 1. The van der Waals surface area contributed by atoms with E-state index in [1.165, 1.54) is 18.2 Å². The summed E-state index contributed by atoms with van der Waals surface area (Å²) in [6, 6.07) is 15.3. The van der Waals surface area contributed by atoms with Crippen molar-refractivity contribution in [2.75, 3.05) is 11.6 Å². The minimum absolute atomic E-state index is 0.0670. The highest BCUT2D eigenvalue weighted by atomic mass is 35.5. The smallest absolute Gasteiger partial charge is 0.257 e. The summed E-state index contributed by atoms with van der Waals surface area (Å²) in [5.74, 6) is -0.415. The van der Waals surface area contributed by atoms with Crippen molar-refractivity contribution in [3.63, 3.8) is 0 Å². The number of pyridine rings is 1. The third-order valence-corrected chi connectivity index (χ3v) is 5.56. The molecule has 0 aliphatic carbocycles. The number of hydrogen-bond donors (Lipinski definition) is 1. The van der Waals surface area contributed by atoms with Gasteiger partial charge in [0.15, 0.2) is 9.84 Å². The molecular weight excluding hydrogens is 384 g/mol. The second kappa shape index (κ2) is 7.50. The predicted molar refractivity (Wildman–Crippen MR) is 107 cm³/mol. The monoisotopic (exact) mass is 400 g/mol. The SMILES string of the molecule is Cc1c(NC(=O)c2ccc(S(C)(=O)=O)cc2Cl)cccc1-c1ccccn1. The van der Waals surface area contributed by atoms with Crippen LogP contribution in [0.15, 0.2) is 65.7 Å². The summed E-state index contributed by atoms with van der Waals surface area (Å²) in [7, 11) is -3.39. The highest BCUT2D eigenvalue weighted by Crippen LogP contribution is 2.28. The average Bonchev–Trinajstić information content (AvgIpc) is 2.63. The van der Waals surface area contributed by atoms with Crippen molar-refractivity contribution in [1.29, 1.82) is 0 Å². The number of carbonyl (C=O) groups excluding carboxylic acids is 1. The minimum atomic E-state index is -3.39. The van der Waals surface area contributed by atoms with E-state index in [9.17, 15) is 13.2 Å². The molecule has 0 aliphatic rings. The van der Waals surface area contributed by atoms with Gasteiger partial charge in [-0.15, -0.1) is 0 Å². The van der Waals surface area contributed by atoms with Crippen molar-refractivity contribution in [2.45, 2.75) is 11.8 Å². The Hall–Kier alpha value is -2.70. The maximum atomic E-state index is 12.6. The molecule has 1 amide bonds. The number of hydrogen-bond acceptors (Lipinski definition) is 4. The summed E-state index contributed by atoms with van der Waals surface area (Å²) in [6.07, 6.45) is 2.80. The summed E-state index contributed by atoms with van der Waals surface area (Å²) >= 11 is 6.13. The fourth-order valence-corrected chi connectivity index (χ4v) is 3.65. The van der Waals surface area contributed by atoms with E-state index >= 15 is 0 Å². The first-order valence-electron chi connectivity index (χ1n) is 8.09. The van der Waals surface area contributed by atoms with Crippen LogP contribution in [-0.4, -0.2) is 25.6 Å². The molecule has 0 bridgehead atoms. The maximum Gasteiger partial charge on any atom is 0.257 e. The van der Waals surface area contributed by atoms with Crippen LogP contribution in [0.2, 0.25) is 5.02 Å². The first kappa shape index (κ1) is 19.1. The van der Waals surface area contributed by atoms with Crippen LogP contribution < -0.4 is 5.32 Å². The summed E-state index contributed by atoms with van der Waals surface area (Å²) < 4.78 is 23.2. The average molecular weight is 401 g/mol. The molecule has 3 aromatic rings. The summed E-state index contributed by atoms with van der Waals surface area (Å²) in [6.45, 7) is 1.90. The molecule has 1 heterocycles. The van der Waals surface area contributed by atoms with E-state index in [-0.39, 0.29) is 15.5 Å². The molecule has 0 unspecified atom stereocenters. The number of aromatic nitrogens is 1. The van der Waals surface area contributed by atoms with E-state index in [0.29, 0.717) is 5.69 Å². The number of nitrogens with one attached hydrogen (secondary N) is 1. The number of anilines is 1. The number of sulfone groups is 1. The van der Waals surface area contributed by atoms with Crippen LogP contribution in [0.4, 0.5) is 5.69 Å². The Morgan fingerprint density at radius 1 is 1.07 bits per heavy atom. The van der Waals surface area contributed by atoms with Gasteiger partial charge in [0.05, 0.1) is 21.2 Å². The second-order valence-electron chi connectivity index (χ2n) is 6.06. The van der Waals surface area contributed by atoms with Crippen molar-refractivity contribution >= 4 is 33.0 Å². The van der Waals surface area contributed by atoms with E-state index in [4.69, 9.17) is 11.6 Å². The highest BCUT2D eigenvalue weighted by Gasteiger charge is 2.16. The molecule has 5 nitrogen and oxygen atoms in total. The number of rotatable bonds is 4. The Bertz CT molecular complexity index is 1110. The molecule has 7 heteroatoms. The Labute approximate surface area is 163 Å². The molecule has 2 aromatic carbocycles.